The summed E-state index contributed by atoms with van der Waals surface area (Å²) in [5.41, 5.74) is 0.554. The number of thioether (sulfide) groups is 1. The molecule has 21 heavy (non-hydrogen) atoms. The van der Waals surface area contributed by atoms with Gasteiger partial charge in [-0.3, -0.25) is 14.2 Å². The lowest BCUT2D eigenvalue weighted by molar-refractivity contribution is -0.124. The van der Waals surface area contributed by atoms with Gasteiger partial charge < -0.3 is 10.1 Å². The summed E-state index contributed by atoms with van der Waals surface area (Å²) in [6.07, 6.45) is 2.39. The third kappa shape index (κ3) is 4.07. The Balaban J connectivity index is 1.90. The maximum Gasteiger partial charge on any atom is 0.257 e. The van der Waals surface area contributed by atoms with Crippen molar-refractivity contribution in [1.29, 1.82) is 0 Å². The van der Waals surface area contributed by atoms with Crippen molar-refractivity contribution in [3.05, 3.63) is 22.1 Å². The van der Waals surface area contributed by atoms with E-state index in [0.717, 1.165) is 6.42 Å². The molecule has 6 nitrogen and oxygen atoms in total. The number of aryl methyl sites for hydroxylation is 1. The highest BCUT2D eigenvalue weighted by Crippen LogP contribution is 2.24. The van der Waals surface area contributed by atoms with Gasteiger partial charge in [-0.25, -0.2) is 4.98 Å². The number of rotatable bonds is 6. The van der Waals surface area contributed by atoms with Crippen LogP contribution in [-0.4, -0.2) is 41.0 Å². The van der Waals surface area contributed by atoms with E-state index in [9.17, 15) is 9.59 Å². The molecule has 0 saturated carbocycles. The molecule has 0 saturated heterocycles. The molecule has 2 heterocycles. The molecule has 0 aliphatic carbocycles. The number of hydrogen-bond acceptors (Lipinski definition) is 5. The Kier molecular flexibility index (Phi) is 5.81. The fraction of sp³-hybridized carbons (Fsp3) is 0.643. The largest absolute Gasteiger partial charge is 0.382 e. The number of hydrogen-bond donors (Lipinski definition) is 1. The van der Waals surface area contributed by atoms with Gasteiger partial charge in [-0.05, 0) is 20.3 Å². The van der Waals surface area contributed by atoms with Gasteiger partial charge in [0.1, 0.15) is 0 Å². The smallest absolute Gasteiger partial charge is 0.257 e. The minimum atomic E-state index is -0.184. The van der Waals surface area contributed by atoms with Crippen molar-refractivity contribution in [2.75, 3.05) is 25.5 Å². The fourth-order valence-corrected chi connectivity index (χ4v) is 3.18. The van der Waals surface area contributed by atoms with Crippen LogP contribution in [-0.2, 0) is 16.1 Å². The molecule has 1 aromatic heterocycles. The highest BCUT2D eigenvalue weighted by molar-refractivity contribution is 7.99. The van der Waals surface area contributed by atoms with E-state index in [2.05, 4.69) is 10.3 Å². The summed E-state index contributed by atoms with van der Waals surface area (Å²) < 4.78 is 6.83. The molecular formula is C14H21N3O3S. The predicted molar refractivity (Wildman–Crippen MR) is 81.6 cm³/mol. The van der Waals surface area contributed by atoms with Gasteiger partial charge >= 0.3 is 0 Å². The molecule has 7 heteroatoms. The lowest BCUT2D eigenvalue weighted by Crippen LogP contribution is -2.40. The molecule has 0 bridgehead atoms. The van der Waals surface area contributed by atoms with Gasteiger partial charge in [-0.1, -0.05) is 11.8 Å². The minimum Gasteiger partial charge on any atom is -0.382 e. The van der Waals surface area contributed by atoms with Gasteiger partial charge in [0, 0.05) is 43.8 Å². The summed E-state index contributed by atoms with van der Waals surface area (Å²) in [7, 11) is 0. The number of nitrogens with zero attached hydrogens (tertiary/aromatic N) is 2. The molecule has 1 unspecified atom stereocenters. The van der Waals surface area contributed by atoms with Crippen molar-refractivity contribution in [1.82, 2.24) is 14.9 Å². The first kappa shape index (κ1) is 16.0. The summed E-state index contributed by atoms with van der Waals surface area (Å²) in [5.74, 6) is 0.473. The van der Waals surface area contributed by atoms with Crippen molar-refractivity contribution >= 4 is 17.7 Å². The van der Waals surface area contributed by atoms with Crippen LogP contribution in [0.1, 0.15) is 18.9 Å². The number of carbonyl (C=O) groups excluding carboxylic acids is 1. The molecule has 1 atom stereocenters. The number of amides is 1. The Morgan fingerprint density at radius 1 is 1.62 bits per heavy atom. The zero-order valence-corrected chi connectivity index (χ0v) is 13.2. The van der Waals surface area contributed by atoms with Crippen LogP contribution in [0.5, 0.6) is 0 Å². The lowest BCUT2D eigenvalue weighted by Gasteiger charge is -2.24. The Labute approximate surface area is 128 Å². The lowest BCUT2D eigenvalue weighted by atomic mass is 10.1. The van der Waals surface area contributed by atoms with Crippen molar-refractivity contribution in [2.45, 2.75) is 32.0 Å². The van der Waals surface area contributed by atoms with Crippen LogP contribution < -0.4 is 10.9 Å². The molecule has 116 valence electrons. The Morgan fingerprint density at radius 2 is 2.43 bits per heavy atom. The van der Waals surface area contributed by atoms with Crippen molar-refractivity contribution in [3.63, 3.8) is 0 Å². The van der Waals surface area contributed by atoms with Gasteiger partial charge in [-0.2, -0.15) is 0 Å². The summed E-state index contributed by atoms with van der Waals surface area (Å²) >= 11 is 1.46. The first-order valence-corrected chi connectivity index (χ1v) is 8.16. The van der Waals surface area contributed by atoms with E-state index in [0.29, 0.717) is 42.8 Å². The van der Waals surface area contributed by atoms with Gasteiger partial charge in [0.15, 0.2) is 5.16 Å². The summed E-state index contributed by atoms with van der Waals surface area (Å²) in [5, 5.41) is 3.61. The van der Waals surface area contributed by atoms with E-state index in [1.54, 1.807) is 17.7 Å². The zero-order valence-electron chi connectivity index (χ0n) is 12.4. The van der Waals surface area contributed by atoms with E-state index < -0.39 is 0 Å². The van der Waals surface area contributed by atoms with Crippen LogP contribution in [0.4, 0.5) is 0 Å². The second kappa shape index (κ2) is 7.61. The van der Waals surface area contributed by atoms with Crippen molar-refractivity contribution in [2.24, 2.45) is 5.92 Å². The molecule has 1 aliphatic heterocycles. The maximum absolute atomic E-state index is 12.1. The van der Waals surface area contributed by atoms with Gasteiger partial charge in [0.2, 0.25) is 5.91 Å². The average Bonchev–Trinajstić information content (AvgIpc) is 2.50. The van der Waals surface area contributed by atoms with Crippen LogP contribution in [0.3, 0.4) is 0 Å². The number of aromatic nitrogens is 2. The number of nitrogens with one attached hydrogen (secondary N) is 1. The number of fused-ring (bicyclic) bond motifs is 1. The van der Waals surface area contributed by atoms with Crippen LogP contribution >= 0.6 is 11.8 Å². The van der Waals surface area contributed by atoms with E-state index in [1.807, 2.05) is 6.92 Å². The van der Waals surface area contributed by atoms with E-state index in [1.165, 1.54) is 11.8 Å². The van der Waals surface area contributed by atoms with Gasteiger partial charge in [0.05, 0.1) is 5.92 Å². The molecule has 0 aromatic carbocycles. The van der Waals surface area contributed by atoms with Crippen LogP contribution in [0.2, 0.25) is 0 Å². The summed E-state index contributed by atoms with van der Waals surface area (Å²) in [6, 6.07) is 0. The summed E-state index contributed by atoms with van der Waals surface area (Å²) in [4.78, 5) is 28.5. The Morgan fingerprint density at radius 3 is 3.19 bits per heavy atom. The molecule has 1 N–H and O–H groups in total. The molecule has 1 aromatic rings. The SMILES string of the molecule is CCOCCCNC(=O)C1CSc2ncc(C)c(=O)n2C1. The average molecular weight is 311 g/mol. The Hall–Kier alpha value is -1.34. The van der Waals surface area contributed by atoms with Gasteiger partial charge in [-0.15, -0.1) is 0 Å². The number of carbonyl (C=O) groups is 1. The Bertz CT molecular complexity index is 559. The minimum absolute atomic E-state index is 0.00180. The molecule has 1 amide bonds. The highest BCUT2D eigenvalue weighted by atomic mass is 32.2. The van der Waals surface area contributed by atoms with Crippen LogP contribution in [0, 0.1) is 12.8 Å². The fourth-order valence-electron chi connectivity index (χ4n) is 2.13. The van der Waals surface area contributed by atoms with E-state index in [4.69, 9.17) is 4.74 Å². The van der Waals surface area contributed by atoms with Gasteiger partial charge in [0.25, 0.3) is 5.56 Å². The monoisotopic (exact) mass is 311 g/mol. The van der Waals surface area contributed by atoms with Crippen molar-refractivity contribution < 1.29 is 9.53 Å². The second-order valence-corrected chi connectivity index (χ2v) is 5.98. The topological polar surface area (TPSA) is 73.2 Å². The molecule has 0 fully saturated rings. The van der Waals surface area contributed by atoms with Crippen LogP contribution in [0.15, 0.2) is 16.1 Å². The van der Waals surface area contributed by atoms with Crippen LogP contribution in [0.25, 0.3) is 0 Å². The highest BCUT2D eigenvalue weighted by Gasteiger charge is 2.26. The quantitative estimate of drug-likeness (QED) is 0.622. The molecule has 0 spiro atoms. The second-order valence-electron chi connectivity index (χ2n) is 4.99. The summed E-state index contributed by atoms with van der Waals surface area (Å²) in [6.45, 7) is 6.05. The zero-order chi connectivity index (χ0) is 15.2. The normalized spacial score (nSPS) is 17.3. The molecule has 1 aliphatic rings. The first-order chi connectivity index (χ1) is 10.1. The maximum atomic E-state index is 12.1. The molecular weight excluding hydrogens is 290 g/mol. The molecule has 0 radical (unpaired) electrons. The first-order valence-electron chi connectivity index (χ1n) is 7.18. The number of ether oxygens (including phenoxy) is 1. The predicted octanol–water partition coefficient (Wildman–Crippen LogP) is 0.816. The van der Waals surface area contributed by atoms with E-state index in [-0.39, 0.29) is 17.4 Å². The third-order valence-electron chi connectivity index (χ3n) is 3.34. The standard InChI is InChI=1S/C14H21N3O3S/c1-3-20-6-4-5-15-12(18)11-8-17-13(19)10(2)7-16-14(17)21-9-11/h7,11H,3-6,8-9H2,1-2H3,(H,15,18). The van der Waals surface area contributed by atoms with Crippen molar-refractivity contribution in [3.8, 4) is 0 Å². The molecule has 2 rings (SSSR count). The third-order valence-corrected chi connectivity index (χ3v) is 4.49. The van der Waals surface area contributed by atoms with E-state index >= 15 is 0 Å².